The summed E-state index contributed by atoms with van der Waals surface area (Å²) >= 11 is 0. The Labute approximate surface area is 240 Å². The van der Waals surface area contributed by atoms with Crippen LogP contribution in [0.1, 0.15) is 17.0 Å². The normalized spacial score (nSPS) is 18.3. The average molecular weight is 611 g/mol. The van der Waals surface area contributed by atoms with Crippen molar-refractivity contribution < 1.29 is 35.2 Å². The zero-order valence-corrected chi connectivity index (χ0v) is 23.7. The van der Waals surface area contributed by atoms with Crippen molar-refractivity contribution in [1.29, 1.82) is 0 Å². The van der Waals surface area contributed by atoms with Gasteiger partial charge in [-0.25, -0.2) is 17.6 Å². The number of anilines is 1. The van der Waals surface area contributed by atoms with Gasteiger partial charge in [0.15, 0.2) is 9.84 Å². The lowest BCUT2D eigenvalue weighted by Crippen LogP contribution is -2.49. The molecule has 2 aliphatic rings. The molecule has 10 nitrogen and oxygen atoms in total. The van der Waals surface area contributed by atoms with Crippen LogP contribution in [-0.2, 0) is 29.1 Å². The molecule has 3 aromatic rings. The SMILES string of the molecule is CN1CCN(Cc2ccc(N(Cc3ccc(-c4nnc(C(F)(F)F)o4)cc3F)C(=O)N3CCS(=O)(=O)CC3)cc2)CC1. The van der Waals surface area contributed by atoms with Gasteiger partial charge in [-0.3, -0.25) is 9.80 Å². The van der Waals surface area contributed by atoms with Gasteiger partial charge in [0.1, 0.15) is 5.82 Å². The topological polar surface area (TPSA) is 103 Å². The Kier molecular flexibility index (Phi) is 8.53. The van der Waals surface area contributed by atoms with E-state index in [0.717, 1.165) is 44.4 Å². The summed E-state index contributed by atoms with van der Waals surface area (Å²) in [6.45, 7) is 4.41. The van der Waals surface area contributed by atoms with E-state index in [1.807, 2.05) is 12.1 Å². The molecule has 0 N–H and O–H groups in total. The average Bonchev–Trinajstić information content (AvgIpc) is 3.45. The van der Waals surface area contributed by atoms with Gasteiger partial charge in [-0.15, -0.1) is 10.2 Å². The maximum Gasteiger partial charge on any atom is 0.470 e. The van der Waals surface area contributed by atoms with E-state index in [-0.39, 0.29) is 42.3 Å². The monoisotopic (exact) mass is 610 g/mol. The first kappa shape index (κ1) is 29.9. The number of likely N-dealkylation sites (N-methyl/N-ethyl adjacent to an activating group) is 1. The molecular weight excluding hydrogens is 580 g/mol. The molecule has 226 valence electrons. The van der Waals surface area contributed by atoms with E-state index in [9.17, 15) is 26.4 Å². The van der Waals surface area contributed by atoms with Crippen molar-refractivity contribution in [1.82, 2.24) is 24.9 Å². The van der Waals surface area contributed by atoms with E-state index in [1.165, 1.54) is 21.9 Å². The van der Waals surface area contributed by atoms with E-state index in [0.29, 0.717) is 5.69 Å². The van der Waals surface area contributed by atoms with Crippen molar-refractivity contribution in [3.05, 3.63) is 65.3 Å². The fourth-order valence-electron chi connectivity index (χ4n) is 4.82. The molecule has 2 aliphatic heterocycles. The van der Waals surface area contributed by atoms with Crippen LogP contribution in [0.5, 0.6) is 0 Å². The predicted molar refractivity (Wildman–Crippen MR) is 146 cm³/mol. The Morgan fingerprint density at radius 3 is 2.24 bits per heavy atom. The number of benzene rings is 2. The maximum absolute atomic E-state index is 15.3. The van der Waals surface area contributed by atoms with Gasteiger partial charge in [-0.1, -0.05) is 18.2 Å². The lowest BCUT2D eigenvalue weighted by molar-refractivity contribution is -0.156. The van der Waals surface area contributed by atoms with Crippen LogP contribution in [0.3, 0.4) is 0 Å². The molecule has 3 heterocycles. The standard InChI is InChI=1S/C27H30F4N6O4S/c1-34-8-10-35(11-9-34)17-19-2-6-22(7-3-19)37(26(38)36-12-14-42(39,40)15-13-36)18-21-5-4-20(16-23(21)28)24-32-33-25(41-24)27(29,30)31/h2-7,16H,8-15,17-18H2,1H3. The number of hydrogen-bond acceptors (Lipinski definition) is 8. The lowest BCUT2D eigenvalue weighted by atomic mass is 10.1. The number of sulfone groups is 1. The first-order valence-corrected chi connectivity index (χ1v) is 15.2. The van der Waals surface area contributed by atoms with Crippen molar-refractivity contribution in [2.75, 3.05) is 62.7 Å². The van der Waals surface area contributed by atoms with E-state index in [1.54, 1.807) is 12.1 Å². The van der Waals surface area contributed by atoms with Gasteiger partial charge in [0.25, 0.3) is 0 Å². The summed E-state index contributed by atoms with van der Waals surface area (Å²) in [4.78, 5) is 21.0. The quantitative estimate of drug-likeness (QED) is 0.391. The number of nitrogens with zero attached hydrogens (tertiary/aromatic N) is 6. The summed E-state index contributed by atoms with van der Waals surface area (Å²) in [6.07, 6.45) is -4.83. The van der Waals surface area contributed by atoms with Gasteiger partial charge in [-0.05, 0) is 36.9 Å². The third-order valence-corrected chi connectivity index (χ3v) is 9.00. The van der Waals surface area contributed by atoms with E-state index < -0.39 is 39.6 Å². The van der Waals surface area contributed by atoms with Gasteiger partial charge in [0.05, 0.1) is 18.1 Å². The van der Waals surface area contributed by atoms with Gasteiger partial charge in [0.2, 0.25) is 5.89 Å². The van der Waals surface area contributed by atoms with E-state index in [4.69, 9.17) is 0 Å². The molecular formula is C27H30F4N6O4S. The highest BCUT2D eigenvalue weighted by Crippen LogP contribution is 2.31. The second-order valence-electron chi connectivity index (χ2n) is 10.5. The second-order valence-corrected chi connectivity index (χ2v) is 12.8. The third kappa shape index (κ3) is 7.07. The maximum atomic E-state index is 15.3. The highest BCUT2D eigenvalue weighted by Gasteiger charge is 2.38. The molecule has 0 unspecified atom stereocenters. The first-order valence-electron chi connectivity index (χ1n) is 13.3. The minimum atomic E-state index is -4.83. The predicted octanol–water partition coefficient (Wildman–Crippen LogP) is 3.50. The summed E-state index contributed by atoms with van der Waals surface area (Å²) < 4.78 is 82.3. The molecule has 42 heavy (non-hydrogen) atoms. The summed E-state index contributed by atoms with van der Waals surface area (Å²) in [6, 6.07) is 10.5. The summed E-state index contributed by atoms with van der Waals surface area (Å²) in [7, 11) is -1.15. The van der Waals surface area contributed by atoms with Gasteiger partial charge in [0, 0.05) is 62.6 Å². The smallest absolute Gasteiger partial charge is 0.413 e. The molecule has 0 radical (unpaired) electrons. The number of piperazine rings is 1. The molecule has 0 atom stereocenters. The number of hydrogen-bond donors (Lipinski definition) is 0. The number of urea groups is 1. The molecule has 15 heteroatoms. The highest BCUT2D eigenvalue weighted by molar-refractivity contribution is 7.91. The zero-order chi connectivity index (χ0) is 30.1. The first-order chi connectivity index (χ1) is 19.9. The van der Waals surface area contributed by atoms with Crippen LogP contribution < -0.4 is 4.90 Å². The zero-order valence-electron chi connectivity index (χ0n) is 22.8. The van der Waals surface area contributed by atoms with Crippen molar-refractivity contribution in [3.8, 4) is 11.5 Å². The summed E-state index contributed by atoms with van der Waals surface area (Å²) in [5.41, 5.74) is 1.58. The number of amides is 2. The van der Waals surface area contributed by atoms with Gasteiger partial charge < -0.3 is 14.2 Å². The van der Waals surface area contributed by atoms with Gasteiger partial charge in [-0.2, -0.15) is 13.2 Å². The Balaban J connectivity index is 1.37. The summed E-state index contributed by atoms with van der Waals surface area (Å²) in [5.74, 6) is -3.15. The molecule has 2 saturated heterocycles. The van der Waals surface area contributed by atoms with Crippen LogP contribution in [0.25, 0.3) is 11.5 Å². The molecule has 2 fully saturated rings. The molecule has 2 aromatic carbocycles. The van der Waals surface area contributed by atoms with Crippen molar-refractivity contribution in [3.63, 3.8) is 0 Å². The lowest BCUT2D eigenvalue weighted by Gasteiger charge is -2.33. The number of rotatable bonds is 6. The van der Waals surface area contributed by atoms with Crippen LogP contribution in [0, 0.1) is 5.82 Å². The number of halogens is 4. The minimum absolute atomic E-state index is 0.0132. The number of carbonyl (C=O) groups is 1. The van der Waals surface area contributed by atoms with Crippen molar-refractivity contribution >= 4 is 21.6 Å². The van der Waals surface area contributed by atoms with Crippen molar-refractivity contribution in [2.24, 2.45) is 0 Å². The van der Waals surface area contributed by atoms with Crippen LogP contribution in [0.2, 0.25) is 0 Å². The molecule has 1 aromatic heterocycles. The van der Waals surface area contributed by atoms with Crippen LogP contribution in [-0.4, -0.2) is 97.2 Å². The molecule has 0 spiro atoms. The van der Waals surface area contributed by atoms with Crippen LogP contribution in [0.4, 0.5) is 28.0 Å². The molecule has 0 bridgehead atoms. The Morgan fingerprint density at radius 1 is 0.976 bits per heavy atom. The molecule has 0 saturated carbocycles. The molecule has 0 aliphatic carbocycles. The number of aromatic nitrogens is 2. The molecule has 2 amide bonds. The third-order valence-electron chi connectivity index (χ3n) is 7.39. The number of carbonyl (C=O) groups excluding carboxylic acids is 1. The summed E-state index contributed by atoms with van der Waals surface area (Å²) in [5, 5.41) is 6.32. The number of alkyl halides is 3. The Morgan fingerprint density at radius 2 is 1.64 bits per heavy atom. The van der Waals surface area contributed by atoms with Gasteiger partial charge >= 0.3 is 18.1 Å². The van der Waals surface area contributed by atoms with E-state index in [2.05, 4.69) is 31.5 Å². The second kappa shape index (κ2) is 12.0. The fraction of sp³-hybridized carbons (Fsp3) is 0.444. The van der Waals surface area contributed by atoms with Crippen LogP contribution in [0.15, 0.2) is 46.9 Å². The fourth-order valence-corrected chi connectivity index (χ4v) is 6.02. The van der Waals surface area contributed by atoms with Crippen LogP contribution >= 0.6 is 0 Å². The van der Waals surface area contributed by atoms with Crippen molar-refractivity contribution in [2.45, 2.75) is 19.3 Å². The largest absolute Gasteiger partial charge is 0.470 e. The minimum Gasteiger partial charge on any atom is -0.413 e. The highest BCUT2D eigenvalue weighted by atomic mass is 32.2. The van der Waals surface area contributed by atoms with E-state index >= 15 is 4.39 Å². The molecule has 5 rings (SSSR count). The Bertz CT molecular complexity index is 1510. The Hall–Kier alpha value is -3.56.